The predicted molar refractivity (Wildman–Crippen MR) is 41.4 cm³/mol. The van der Waals surface area contributed by atoms with Gasteiger partial charge in [0.2, 0.25) is 0 Å². The van der Waals surface area contributed by atoms with Crippen molar-refractivity contribution in [3.63, 3.8) is 0 Å². The van der Waals surface area contributed by atoms with Crippen LogP contribution in [-0.4, -0.2) is 14.8 Å². The topological polar surface area (TPSA) is 71.6 Å². The smallest absolute Gasteiger partial charge is 0.280 e. The molecule has 0 aliphatic carbocycles. The fourth-order valence-corrected chi connectivity index (χ4v) is 0.840. The second-order valence-corrected chi connectivity index (χ2v) is 2.40. The molecular formula is C7H8N4O. The number of aryl methyl sites for hydroxylation is 1. The third-order valence-electron chi connectivity index (χ3n) is 1.67. The molecule has 0 N–H and O–H groups in total. The Balaban J connectivity index is 3.35. The van der Waals surface area contributed by atoms with Crippen LogP contribution in [0, 0.1) is 25.2 Å². The molecule has 0 aliphatic heterocycles. The summed E-state index contributed by atoms with van der Waals surface area (Å²) in [7, 11) is 0. The van der Waals surface area contributed by atoms with Crippen molar-refractivity contribution in [3.8, 4) is 6.07 Å². The van der Waals surface area contributed by atoms with Gasteiger partial charge in [-0.3, -0.25) is 4.57 Å². The lowest BCUT2D eigenvalue weighted by molar-refractivity contribution is 0.672. The zero-order valence-electron chi connectivity index (χ0n) is 6.90. The summed E-state index contributed by atoms with van der Waals surface area (Å²) in [5.74, 6) is 0. The first-order chi connectivity index (χ1) is 5.66. The first kappa shape index (κ1) is 8.40. The lowest BCUT2D eigenvalue weighted by Crippen LogP contribution is -2.26. The summed E-state index contributed by atoms with van der Waals surface area (Å²) in [5, 5.41) is 15.4. The Morgan fingerprint density at radius 2 is 2.17 bits per heavy atom. The van der Waals surface area contributed by atoms with Gasteiger partial charge in [0, 0.05) is 5.69 Å². The van der Waals surface area contributed by atoms with E-state index < -0.39 is 5.69 Å². The van der Waals surface area contributed by atoms with Gasteiger partial charge in [0.15, 0.2) is 0 Å². The fourth-order valence-electron chi connectivity index (χ4n) is 0.840. The zero-order chi connectivity index (χ0) is 9.14. The van der Waals surface area contributed by atoms with Crippen LogP contribution in [0.25, 0.3) is 0 Å². The summed E-state index contributed by atoms with van der Waals surface area (Å²) >= 11 is 0. The van der Waals surface area contributed by atoms with Crippen LogP contribution in [-0.2, 0) is 6.54 Å². The third kappa shape index (κ3) is 1.32. The average molecular weight is 164 g/mol. The van der Waals surface area contributed by atoms with Gasteiger partial charge in [-0.15, -0.1) is 5.10 Å². The Hall–Kier alpha value is -1.70. The molecule has 0 aliphatic rings. The second-order valence-electron chi connectivity index (χ2n) is 2.40. The van der Waals surface area contributed by atoms with Crippen molar-refractivity contribution < 1.29 is 0 Å². The van der Waals surface area contributed by atoms with Crippen LogP contribution < -0.4 is 5.69 Å². The van der Waals surface area contributed by atoms with Crippen LogP contribution in [0.3, 0.4) is 0 Å². The fraction of sp³-hybridized carbons (Fsp3) is 0.429. The molecule has 1 rings (SSSR count). The van der Waals surface area contributed by atoms with Gasteiger partial charge in [0.1, 0.15) is 6.54 Å². The van der Waals surface area contributed by atoms with Gasteiger partial charge in [-0.25, -0.2) is 4.79 Å². The van der Waals surface area contributed by atoms with E-state index in [1.807, 2.05) is 6.07 Å². The largest absolute Gasteiger partial charge is 0.367 e. The van der Waals surface area contributed by atoms with E-state index in [1.54, 1.807) is 13.8 Å². The van der Waals surface area contributed by atoms with Gasteiger partial charge >= 0.3 is 5.69 Å². The normalized spacial score (nSPS) is 9.42. The molecular weight excluding hydrogens is 156 g/mol. The highest BCUT2D eigenvalue weighted by Crippen LogP contribution is 1.96. The monoisotopic (exact) mass is 164 g/mol. The van der Waals surface area contributed by atoms with Gasteiger partial charge in [0.05, 0.1) is 11.8 Å². The minimum absolute atomic E-state index is 0.0288. The number of nitriles is 1. The van der Waals surface area contributed by atoms with E-state index in [-0.39, 0.29) is 6.54 Å². The van der Waals surface area contributed by atoms with E-state index in [9.17, 15) is 4.79 Å². The second kappa shape index (κ2) is 3.13. The van der Waals surface area contributed by atoms with E-state index in [0.717, 1.165) is 0 Å². The molecule has 1 aromatic heterocycles. The third-order valence-corrected chi connectivity index (χ3v) is 1.67. The number of hydrogen-bond donors (Lipinski definition) is 0. The molecule has 0 aromatic carbocycles. The molecule has 0 atom stereocenters. The van der Waals surface area contributed by atoms with Crippen LogP contribution in [0.2, 0.25) is 0 Å². The van der Waals surface area contributed by atoms with Crippen LogP contribution in [0.15, 0.2) is 4.79 Å². The number of hydrogen-bond acceptors (Lipinski definition) is 4. The molecule has 0 amide bonds. The molecule has 62 valence electrons. The summed E-state index contributed by atoms with van der Waals surface area (Å²) < 4.78 is 1.29. The average Bonchev–Trinajstić information content (AvgIpc) is 2.06. The highest BCUT2D eigenvalue weighted by atomic mass is 16.1. The Kier molecular flexibility index (Phi) is 2.19. The van der Waals surface area contributed by atoms with Crippen molar-refractivity contribution in [2.75, 3.05) is 0 Å². The maximum Gasteiger partial charge on any atom is 0.367 e. The highest BCUT2D eigenvalue weighted by Gasteiger charge is 2.03. The van der Waals surface area contributed by atoms with E-state index in [2.05, 4.69) is 10.2 Å². The molecule has 0 radical (unpaired) electrons. The minimum Gasteiger partial charge on any atom is -0.280 e. The van der Waals surface area contributed by atoms with Gasteiger partial charge in [-0.1, -0.05) is 5.10 Å². The Labute approximate surface area is 69.3 Å². The molecule has 0 spiro atoms. The van der Waals surface area contributed by atoms with Crippen molar-refractivity contribution in [2.45, 2.75) is 20.4 Å². The zero-order valence-corrected chi connectivity index (χ0v) is 6.90. The predicted octanol–water partition coefficient (Wildman–Crippen LogP) is -0.221. The Bertz CT molecular complexity index is 387. The van der Waals surface area contributed by atoms with Crippen LogP contribution >= 0.6 is 0 Å². The SMILES string of the molecule is Cc1nnc(=O)n(CC#N)c1C. The maximum absolute atomic E-state index is 11.0. The van der Waals surface area contributed by atoms with Crippen LogP contribution in [0.5, 0.6) is 0 Å². The van der Waals surface area contributed by atoms with Gasteiger partial charge in [0.25, 0.3) is 0 Å². The molecule has 5 heteroatoms. The van der Waals surface area contributed by atoms with Crippen LogP contribution in [0.1, 0.15) is 11.4 Å². The minimum atomic E-state index is -0.473. The van der Waals surface area contributed by atoms with E-state index in [1.165, 1.54) is 4.57 Å². The Morgan fingerprint density at radius 3 is 2.75 bits per heavy atom. The summed E-state index contributed by atoms with van der Waals surface area (Å²) in [4.78, 5) is 11.0. The van der Waals surface area contributed by atoms with Gasteiger partial charge in [-0.05, 0) is 13.8 Å². The van der Waals surface area contributed by atoms with Gasteiger partial charge in [-0.2, -0.15) is 5.26 Å². The summed E-state index contributed by atoms with van der Waals surface area (Å²) in [6, 6.07) is 1.89. The first-order valence-electron chi connectivity index (χ1n) is 3.44. The molecule has 0 saturated carbocycles. The molecule has 0 bridgehead atoms. The number of rotatable bonds is 1. The maximum atomic E-state index is 11.0. The molecule has 1 aromatic rings. The summed E-state index contributed by atoms with van der Waals surface area (Å²) in [5.41, 5.74) is 0.890. The lowest BCUT2D eigenvalue weighted by Gasteiger charge is -2.04. The van der Waals surface area contributed by atoms with E-state index >= 15 is 0 Å². The first-order valence-corrected chi connectivity index (χ1v) is 3.44. The summed E-state index contributed by atoms with van der Waals surface area (Å²) in [6.07, 6.45) is 0. The summed E-state index contributed by atoms with van der Waals surface area (Å²) in [6.45, 7) is 3.51. The lowest BCUT2D eigenvalue weighted by atomic mass is 10.3. The van der Waals surface area contributed by atoms with Crippen molar-refractivity contribution in [2.24, 2.45) is 0 Å². The molecule has 0 saturated heterocycles. The quantitative estimate of drug-likeness (QED) is 0.575. The highest BCUT2D eigenvalue weighted by molar-refractivity contribution is 5.06. The number of nitrogens with zero attached hydrogens (tertiary/aromatic N) is 4. The van der Waals surface area contributed by atoms with Crippen molar-refractivity contribution >= 4 is 0 Å². The molecule has 1 heterocycles. The van der Waals surface area contributed by atoms with Gasteiger partial charge < -0.3 is 0 Å². The van der Waals surface area contributed by atoms with Crippen molar-refractivity contribution in [1.29, 1.82) is 5.26 Å². The Morgan fingerprint density at radius 1 is 1.50 bits per heavy atom. The molecule has 5 nitrogen and oxygen atoms in total. The van der Waals surface area contributed by atoms with Crippen molar-refractivity contribution in [3.05, 3.63) is 21.9 Å². The van der Waals surface area contributed by atoms with E-state index in [4.69, 9.17) is 5.26 Å². The molecule has 0 fully saturated rings. The number of aromatic nitrogens is 3. The standard InChI is InChI=1S/C7H8N4O/c1-5-6(2)11(4-3-8)7(12)10-9-5/h4H2,1-2H3. The van der Waals surface area contributed by atoms with Crippen molar-refractivity contribution in [1.82, 2.24) is 14.8 Å². The van der Waals surface area contributed by atoms with E-state index in [0.29, 0.717) is 11.4 Å². The van der Waals surface area contributed by atoms with Crippen LogP contribution in [0.4, 0.5) is 0 Å². The molecule has 0 unspecified atom stereocenters. The molecule has 12 heavy (non-hydrogen) atoms.